The number of pyridine rings is 1. The van der Waals surface area contributed by atoms with Crippen LogP contribution in [0.5, 0.6) is 5.75 Å². The summed E-state index contributed by atoms with van der Waals surface area (Å²) in [6.07, 6.45) is 6.02. The Hall–Kier alpha value is -2.70. The molecule has 5 nitrogen and oxygen atoms in total. The average Bonchev–Trinajstić information content (AvgIpc) is 2.83. The molecule has 34 heavy (non-hydrogen) atoms. The van der Waals surface area contributed by atoms with Crippen LogP contribution in [0.2, 0.25) is 5.02 Å². The predicted molar refractivity (Wildman–Crippen MR) is 136 cm³/mol. The quantitative estimate of drug-likeness (QED) is 0.374. The van der Waals surface area contributed by atoms with Crippen molar-refractivity contribution in [2.45, 2.75) is 45.6 Å². The third-order valence-electron chi connectivity index (χ3n) is 6.90. The van der Waals surface area contributed by atoms with Crippen LogP contribution in [0, 0.1) is 11.7 Å². The summed E-state index contributed by atoms with van der Waals surface area (Å²) in [5, 5.41) is 14.1. The van der Waals surface area contributed by atoms with Gasteiger partial charge in [-0.1, -0.05) is 24.6 Å². The summed E-state index contributed by atoms with van der Waals surface area (Å²) in [4.78, 5) is 19.3. The SMILES string of the molecule is CCN(C)CC1CCC(Nc2c(C(C)=O)cnc3ccc(-c4cc(F)c(O)c(Cl)c4)cc23)CC1. The largest absolute Gasteiger partial charge is 0.504 e. The lowest BCUT2D eigenvalue weighted by atomic mass is 9.85. The van der Waals surface area contributed by atoms with Crippen LogP contribution in [0.4, 0.5) is 10.1 Å². The minimum Gasteiger partial charge on any atom is -0.504 e. The first kappa shape index (κ1) is 24.4. The highest BCUT2D eigenvalue weighted by Crippen LogP contribution is 2.36. The van der Waals surface area contributed by atoms with Gasteiger partial charge in [0.1, 0.15) is 0 Å². The first-order valence-corrected chi connectivity index (χ1v) is 12.2. The Kier molecular flexibility index (Phi) is 7.39. The molecule has 180 valence electrons. The molecule has 2 N–H and O–H groups in total. The Bertz CT molecular complexity index is 1180. The fourth-order valence-electron chi connectivity index (χ4n) is 4.79. The zero-order valence-electron chi connectivity index (χ0n) is 19.9. The van der Waals surface area contributed by atoms with Gasteiger partial charge in [0.15, 0.2) is 17.3 Å². The number of aromatic hydroxyl groups is 1. The van der Waals surface area contributed by atoms with E-state index >= 15 is 0 Å². The summed E-state index contributed by atoms with van der Waals surface area (Å²) >= 11 is 6.00. The molecule has 0 atom stereocenters. The number of hydrogen-bond donors (Lipinski definition) is 2. The van der Waals surface area contributed by atoms with Gasteiger partial charge in [0.25, 0.3) is 0 Å². The van der Waals surface area contributed by atoms with E-state index in [1.807, 2.05) is 18.2 Å². The van der Waals surface area contributed by atoms with Gasteiger partial charge in [0.2, 0.25) is 0 Å². The lowest BCUT2D eigenvalue weighted by Crippen LogP contribution is -2.32. The van der Waals surface area contributed by atoms with Crippen molar-refractivity contribution in [3.63, 3.8) is 0 Å². The summed E-state index contributed by atoms with van der Waals surface area (Å²) < 4.78 is 14.1. The highest BCUT2D eigenvalue weighted by Gasteiger charge is 2.24. The number of benzene rings is 2. The van der Waals surface area contributed by atoms with Crippen LogP contribution in [-0.4, -0.2) is 47.0 Å². The molecule has 0 amide bonds. The third kappa shape index (κ3) is 5.18. The van der Waals surface area contributed by atoms with Gasteiger partial charge in [-0.15, -0.1) is 0 Å². The standard InChI is InChI=1S/C27H31ClFN3O2/c1-4-32(3)15-17-5-8-20(9-6-17)31-26-21-11-18(19-12-23(28)27(34)24(29)13-19)7-10-25(21)30-14-22(26)16(2)33/h7,10-14,17,20,34H,4-6,8-9,15H2,1-3H3,(H,30,31). The Labute approximate surface area is 204 Å². The Morgan fingerprint density at radius 1 is 1.21 bits per heavy atom. The molecule has 0 radical (unpaired) electrons. The van der Waals surface area contributed by atoms with Crippen molar-refractivity contribution >= 4 is 34.0 Å². The Balaban J connectivity index is 1.67. The number of fused-ring (bicyclic) bond motifs is 1. The fourth-order valence-corrected chi connectivity index (χ4v) is 5.00. The summed E-state index contributed by atoms with van der Waals surface area (Å²) in [7, 11) is 2.16. The number of rotatable bonds is 7. The second-order valence-corrected chi connectivity index (χ2v) is 9.75. The van der Waals surface area contributed by atoms with Crippen molar-refractivity contribution in [2.75, 3.05) is 25.5 Å². The molecule has 1 heterocycles. The topological polar surface area (TPSA) is 65.5 Å². The van der Waals surface area contributed by atoms with E-state index in [0.29, 0.717) is 17.0 Å². The Morgan fingerprint density at radius 2 is 1.94 bits per heavy atom. The number of phenols is 1. The molecular weight excluding hydrogens is 453 g/mol. The lowest BCUT2D eigenvalue weighted by Gasteiger charge is -2.32. The minimum absolute atomic E-state index is 0.0467. The molecular formula is C27H31ClFN3O2. The van der Waals surface area contributed by atoms with Gasteiger partial charge in [-0.3, -0.25) is 9.78 Å². The van der Waals surface area contributed by atoms with Crippen LogP contribution in [0.25, 0.3) is 22.0 Å². The van der Waals surface area contributed by atoms with Crippen molar-refractivity contribution in [1.29, 1.82) is 0 Å². The lowest BCUT2D eigenvalue weighted by molar-refractivity contribution is 0.101. The van der Waals surface area contributed by atoms with Crippen molar-refractivity contribution in [3.05, 3.63) is 52.9 Å². The van der Waals surface area contributed by atoms with E-state index in [1.54, 1.807) is 13.1 Å². The second-order valence-electron chi connectivity index (χ2n) is 9.34. The molecule has 7 heteroatoms. The van der Waals surface area contributed by atoms with Crippen LogP contribution in [0.3, 0.4) is 0 Å². The summed E-state index contributed by atoms with van der Waals surface area (Å²) in [6.45, 7) is 5.90. The maximum absolute atomic E-state index is 14.1. The van der Waals surface area contributed by atoms with Gasteiger partial charge in [-0.05, 0) is 87.5 Å². The molecule has 0 unspecified atom stereocenters. The van der Waals surface area contributed by atoms with E-state index in [0.717, 1.165) is 60.9 Å². The number of anilines is 1. The number of aromatic nitrogens is 1. The van der Waals surface area contributed by atoms with Crippen LogP contribution < -0.4 is 5.32 Å². The highest BCUT2D eigenvalue weighted by molar-refractivity contribution is 6.32. The molecule has 1 saturated carbocycles. The number of phenolic OH excluding ortho intramolecular Hbond substituents is 1. The van der Waals surface area contributed by atoms with Crippen LogP contribution >= 0.6 is 11.6 Å². The van der Waals surface area contributed by atoms with E-state index in [4.69, 9.17) is 11.6 Å². The second kappa shape index (κ2) is 10.3. The molecule has 0 saturated heterocycles. The maximum atomic E-state index is 14.1. The number of carbonyl (C=O) groups excluding carboxylic acids is 1. The number of nitrogens with zero attached hydrogens (tertiary/aromatic N) is 2. The number of halogens is 2. The van der Waals surface area contributed by atoms with E-state index in [9.17, 15) is 14.3 Å². The summed E-state index contributed by atoms with van der Waals surface area (Å²) in [6, 6.07) is 8.66. The number of nitrogens with one attached hydrogen (secondary N) is 1. The number of hydrogen-bond acceptors (Lipinski definition) is 5. The molecule has 1 fully saturated rings. The number of carbonyl (C=O) groups is 1. The molecule has 0 aliphatic heterocycles. The minimum atomic E-state index is -0.776. The third-order valence-corrected chi connectivity index (χ3v) is 7.19. The first-order chi connectivity index (χ1) is 16.3. The van der Waals surface area contributed by atoms with E-state index < -0.39 is 11.6 Å². The van der Waals surface area contributed by atoms with E-state index in [1.165, 1.54) is 12.1 Å². The number of Topliss-reactive ketones (excluding diaryl/α,β-unsaturated/α-hetero) is 1. The smallest absolute Gasteiger partial charge is 0.170 e. The normalized spacial score (nSPS) is 18.4. The maximum Gasteiger partial charge on any atom is 0.170 e. The number of ketones is 1. The van der Waals surface area contributed by atoms with Gasteiger partial charge in [0, 0.05) is 24.2 Å². The monoisotopic (exact) mass is 483 g/mol. The van der Waals surface area contributed by atoms with Gasteiger partial charge in [-0.25, -0.2) is 4.39 Å². The van der Waals surface area contributed by atoms with Crippen LogP contribution in [-0.2, 0) is 0 Å². The van der Waals surface area contributed by atoms with Crippen molar-refractivity contribution in [2.24, 2.45) is 5.92 Å². The predicted octanol–water partition coefficient (Wildman–Crippen LogP) is 6.52. The van der Waals surface area contributed by atoms with Crippen molar-refractivity contribution < 1.29 is 14.3 Å². The average molecular weight is 484 g/mol. The van der Waals surface area contributed by atoms with Crippen LogP contribution in [0.1, 0.15) is 49.9 Å². The highest BCUT2D eigenvalue weighted by atomic mass is 35.5. The molecule has 2 aromatic carbocycles. The fraction of sp³-hybridized carbons (Fsp3) is 0.407. The van der Waals surface area contributed by atoms with Crippen LogP contribution in [0.15, 0.2) is 36.5 Å². The van der Waals surface area contributed by atoms with Crippen molar-refractivity contribution in [1.82, 2.24) is 9.88 Å². The van der Waals surface area contributed by atoms with Crippen molar-refractivity contribution in [3.8, 4) is 16.9 Å². The molecule has 3 aromatic rings. The molecule has 1 aliphatic carbocycles. The van der Waals surface area contributed by atoms with Gasteiger partial charge < -0.3 is 15.3 Å². The molecule has 0 spiro atoms. The summed E-state index contributed by atoms with van der Waals surface area (Å²) in [5.41, 5.74) is 3.35. The Morgan fingerprint density at radius 3 is 2.59 bits per heavy atom. The molecule has 1 aliphatic rings. The van der Waals surface area contributed by atoms with E-state index in [2.05, 4.69) is 29.2 Å². The molecule has 4 rings (SSSR count). The zero-order valence-corrected chi connectivity index (χ0v) is 20.6. The first-order valence-electron chi connectivity index (χ1n) is 11.8. The van der Waals surface area contributed by atoms with Gasteiger partial charge in [-0.2, -0.15) is 0 Å². The zero-order chi connectivity index (χ0) is 24.4. The summed E-state index contributed by atoms with van der Waals surface area (Å²) in [5.74, 6) is -0.693. The van der Waals surface area contributed by atoms with Gasteiger partial charge >= 0.3 is 0 Å². The van der Waals surface area contributed by atoms with E-state index in [-0.39, 0.29) is 16.8 Å². The van der Waals surface area contributed by atoms with Gasteiger partial charge in [0.05, 0.1) is 21.8 Å². The molecule has 1 aromatic heterocycles. The molecule has 0 bridgehead atoms.